The molecule has 1 aliphatic carbocycles. The highest BCUT2D eigenvalue weighted by Crippen LogP contribution is 2.30. The van der Waals surface area contributed by atoms with Crippen LogP contribution in [0.5, 0.6) is 0 Å². The summed E-state index contributed by atoms with van der Waals surface area (Å²) in [6.45, 7) is 3.83. The van der Waals surface area contributed by atoms with Crippen LogP contribution in [0.1, 0.15) is 29.4 Å². The lowest BCUT2D eigenvalue weighted by atomic mass is 10.3. The number of hydrogen-bond acceptors (Lipinski definition) is 2. The first kappa shape index (κ1) is 9.71. The van der Waals surface area contributed by atoms with Crippen LogP contribution in [0, 0.1) is 5.92 Å². The van der Waals surface area contributed by atoms with E-state index in [1.54, 1.807) is 0 Å². The number of nitrogens with zero attached hydrogens (tertiary/aromatic N) is 1. The van der Waals surface area contributed by atoms with E-state index < -0.39 is 0 Å². The summed E-state index contributed by atoms with van der Waals surface area (Å²) in [7, 11) is 0. The molecule has 2 rings (SSSR count). The number of hydrogen-bond donors (Lipinski definition) is 0. The average molecular weight is 209 g/mol. The summed E-state index contributed by atoms with van der Waals surface area (Å²) < 4.78 is 0. The molecule has 1 amide bonds. The Bertz CT molecular complexity index is 303. The van der Waals surface area contributed by atoms with E-state index >= 15 is 0 Å². The van der Waals surface area contributed by atoms with Gasteiger partial charge in [-0.1, -0.05) is 6.07 Å². The molecule has 0 spiro atoms. The van der Waals surface area contributed by atoms with Crippen molar-refractivity contribution in [2.45, 2.75) is 19.8 Å². The van der Waals surface area contributed by atoms with E-state index in [1.807, 2.05) is 29.3 Å². The van der Waals surface area contributed by atoms with Crippen LogP contribution in [-0.4, -0.2) is 23.9 Å². The zero-order valence-corrected chi connectivity index (χ0v) is 9.22. The standard InChI is InChI=1S/C11H15NOS/c1-2-12(8-9-5-6-9)11(13)10-4-3-7-14-10/h3-4,7,9H,2,5-6,8H2,1H3. The Labute approximate surface area is 88.5 Å². The Morgan fingerprint density at radius 2 is 2.43 bits per heavy atom. The second-order valence-electron chi connectivity index (χ2n) is 3.76. The number of carbonyl (C=O) groups is 1. The number of amides is 1. The summed E-state index contributed by atoms with van der Waals surface area (Å²) in [5, 5.41) is 1.96. The van der Waals surface area contributed by atoms with E-state index in [2.05, 4.69) is 0 Å². The maximum absolute atomic E-state index is 11.9. The highest BCUT2D eigenvalue weighted by atomic mass is 32.1. The molecule has 0 bridgehead atoms. The smallest absolute Gasteiger partial charge is 0.263 e. The monoisotopic (exact) mass is 209 g/mol. The first-order valence-corrected chi connectivity index (χ1v) is 6.02. The predicted octanol–water partition coefficient (Wildman–Crippen LogP) is 2.62. The molecule has 0 unspecified atom stereocenters. The summed E-state index contributed by atoms with van der Waals surface area (Å²) >= 11 is 1.53. The summed E-state index contributed by atoms with van der Waals surface area (Å²) in [6, 6.07) is 3.84. The average Bonchev–Trinajstić information content (AvgIpc) is 2.84. The lowest BCUT2D eigenvalue weighted by Crippen LogP contribution is -2.32. The van der Waals surface area contributed by atoms with Gasteiger partial charge in [-0.15, -0.1) is 11.3 Å². The quantitative estimate of drug-likeness (QED) is 0.746. The zero-order valence-electron chi connectivity index (χ0n) is 8.40. The maximum Gasteiger partial charge on any atom is 0.263 e. The van der Waals surface area contributed by atoms with Gasteiger partial charge in [-0.25, -0.2) is 0 Å². The highest BCUT2D eigenvalue weighted by Gasteiger charge is 2.26. The Balaban J connectivity index is 1.99. The van der Waals surface area contributed by atoms with Crippen molar-refractivity contribution >= 4 is 17.2 Å². The third-order valence-electron chi connectivity index (χ3n) is 2.58. The van der Waals surface area contributed by atoms with Crippen LogP contribution in [0.2, 0.25) is 0 Å². The van der Waals surface area contributed by atoms with Gasteiger partial charge in [-0.2, -0.15) is 0 Å². The van der Waals surface area contributed by atoms with Crippen molar-refractivity contribution in [3.8, 4) is 0 Å². The van der Waals surface area contributed by atoms with E-state index in [1.165, 1.54) is 24.2 Å². The fourth-order valence-corrected chi connectivity index (χ4v) is 2.21. The predicted molar refractivity (Wildman–Crippen MR) is 58.6 cm³/mol. The molecule has 2 nitrogen and oxygen atoms in total. The van der Waals surface area contributed by atoms with Crippen LogP contribution in [0.4, 0.5) is 0 Å². The molecule has 1 aromatic heterocycles. The van der Waals surface area contributed by atoms with Crippen molar-refractivity contribution in [3.63, 3.8) is 0 Å². The largest absolute Gasteiger partial charge is 0.338 e. The van der Waals surface area contributed by atoms with Gasteiger partial charge < -0.3 is 4.90 Å². The van der Waals surface area contributed by atoms with Crippen molar-refractivity contribution in [2.24, 2.45) is 5.92 Å². The zero-order chi connectivity index (χ0) is 9.97. The van der Waals surface area contributed by atoms with Gasteiger partial charge in [0.15, 0.2) is 0 Å². The van der Waals surface area contributed by atoms with E-state index in [0.29, 0.717) is 0 Å². The van der Waals surface area contributed by atoms with Gasteiger partial charge in [-0.05, 0) is 37.1 Å². The summed E-state index contributed by atoms with van der Waals surface area (Å²) in [5.74, 6) is 0.980. The Hall–Kier alpha value is -0.830. The minimum absolute atomic E-state index is 0.203. The third kappa shape index (κ3) is 2.15. The molecule has 1 aliphatic rings. The van der Waals surface area contributed by atoms with Gasteiger partial charge in [-0.3, -0.25) is 4.79 Å². The number of rotatable bonds is 4. The molecule has 0 aliphatic heterocycles. The van der Waals surface area contributed by atoms with Gasteiger partial charge in [0.1, 0.15) is 0 Å². The van der Waals surface area contributed by atoms with Crippen LogP contribution in [0.15, 0.2) is 17.5 Å². The molecule has 0 atom stereocenters. The molecule has 3 heteroatoms. The van der Waals surface area contributed by atoms with Gasteiger partial charge >= 0.3 is 0 Å². The molecule has 0 aromatic carbocycles. The van der Waals surface area contributed by atoms with Crippen LogP contribution >= 0.6 is 11.3 Å². The van der Waals surface area contributed by atoms with E-state index in [4.69, 9.17) is 0 Å². The van der Waals surface area contributed by atoms with Crippen molar-refractivity contribution in [1.29, 1.82) is 0 Å². The lowest BCUT2D eigenvalue weighted by molar-refractivity contribution is 0.0762. The van der Waals surface area contributed by atoms with Gasteiger partial charge in [0.05, 0.1) is 4.88 Å². The second kappa shape index (κ2) is 4.13. The molecule has 0 saturated heterocycles. The molecule has 1 saturated carbocycles. The van der Waals surface area contributed by atoms with Crippen molar-refractivity contribution in [3.05, 3.63) is 22.4 Å². The molecule has 1 fully saturated rings. The molecular weight excluding hydrogens is 194 g/mol. The summed E-state index contributed by atoms with van der Waals surface area (Å²) in [5.41, 5.74) is 0. The molecular formula is C11H15NOS. The normalized spacial score (nSPS) is 15.5. The molecule has 1 heterocycles. The van der Waals surface area contributed by atoms with Gasteiger partial charge in [0.2, 0.25) is 0 Å². The molecule has 0 radical (unpaired) electrons. The lowest BCUT2D eigenvalue weighted by Gasteiger charge is -2.19. The molecule has 1 aromatic rings. The Morgan fingerprint density at radius 3 is 2.93 bits per heavy atom. The number of thiophene rings is 1. The minimum Gasteiger partial charge on any atom is -0.338 e. The molecule has 0 N–H and O–H groups in total. The van der Waals surface area contributed by atoms with Crippen molar-refractivity contribution < 1.29 is 4.79 Å². The Kier molecular flexibility index (Phi) is 2.87. The fraction of sp³-hybridized carbons (Fsp3) is 0.545. The van der Waals surface area contributed by atoms with Crippen LogP contribution in [0.25, 0.3) is 0 Å². The third-order valence-corrected chi connectivity index (χ3v) is 3.43. The highest BCUT2D eigenvalue weighted by molar-refractivity contribution is 7.12. The van der Waals surface area contributed by atoms with Crippen molar-refractivity contribution in [2.75, 3.05) is 13.1 Å². The maximum atomic E-state index is 11.9. The van der Waals surface area contributed by atoms with Crippen molar-refractivity contribution in [1.82, 2.24) is 4.90 Å². The molecule has 14 heavy (non-hydrogen) atoms. The van der Waals surface area contributed by atoms with E-state index in [-0.39, 0.29) is 5.91 Å². The SMILES string of the molecule is CCN(CC1CC1)C(=O)c1cccs1. The van der Waals surface area contributed by atoms with E-state index in [0.717, 1.165) is 23.9 Å². The Morgan fingerprint density at radius 1 is 1.64 bits per heavy atom. The second-order valence-corrected chi connectivity index (χ2v) is 4.71. The first-order chi connectivity index (χ1) is 6.81. The van der Waals surface area contributed by atoms with Crippen LogP contribution in [-0.2, 0) is 0 Å². The first-order valence-electron chi connectivity index (χ1n) is 5.14. The van der Waals surface area contributed by atoms with Crippen LogP contribution in [0.3, 0.4) is 0 Å². The topological polar surface area (TPSA) is 20.3 Å². The van der Waals surface area contributed by atoms with Gasteiger partial charge in [0.25, 0.3) is 5.91 Å². The van der Waals surface area contributed by atoms with Gasteiger partial charge in [0, 0.05) is 13.1 Å². The number of carbonyl (C=O) groups excluding carboxylic acids is 1. The minimum atomic E-state index is 0.203. The van der Waals surface area contributed by atoms with E-state index in [9.17, 15) is 4.79 Å². The fourth-order valence-electron chi connectivity index (χ4n) is 1.52. The van der Waals surface area contributed by atoms with Crippen LogP contribution < -0.4 is 0 Å². The summed E-state index contributed by atoms with van der Waals surface area (Å²) in [4.78, 5) is 14.8. The summed E-state index contributed by atoms with van der Waals surface area (Å²) in [6.07, 6.45) is 2.60. The molecule has 76 valence electrons.